The van der Waals surface area contributed by atoms with Crippen LogP contribution in [0.3, 0.4) is 0 Å². The lowest BCUT2D eigenvalue weighted by molar-refractivity contribution is -0.120. The Morgan fingerprint density at radius 3 is 2.94 bits per heavy atom. The van der Waals surface area contributed by atoms with E-state index in [9.17, 15) is 9.18 Å². The van der Waals surface area contributed by atoms with Gasteiger partial charge in [-0.15, -0.1) is 0 Å². The highest BCUT2D eigenvalue weighted by Gasteiger charge is 2.32. The number of amides is 1. The van der Waals surface area contributed by atoms with Crippen LogP contribution in [-0.4, -0.2) is 12.5 Å². The zero-order valence-corrected chi connectivity index (χ0v) is 10.7. The standard InChI is InChI=1S/C13H16ClFN2O/c14-9-4-5-12(11(15)6-9)17-13(18)10-3-1-2-8(10)7-16/h4-6,8,10H,1-3,7,16H2,(H,17,18). The number of benzene rings is 1. The number of rotatable bonds is 3. The fraction of sp³-hybridized carbons (Fsp3) is 0.462. The summed E-state index contributed by atoms with van der Waals surface area (Å²) in [5.74, 6) is -0.562. The second-order valence-corrected chi connectivity index (χ2v) is 5.08. The van der Waals surface area contributed by atoms with E-state index < -0.39 is 5.82 Å². The van der Waals surface area contributed by atoms with Crippen LogP contribution in [0, 0.1) is 17.7 Å². The molecule has 1 aromatic rings. The van der Waals surface area contributed by atoms with Crippen LogP contribution >= 0.6 is 11.6 Å². The van der Waals surface area contributed by atoms with Crippen molar-refractivity contribution in [2.75, 3.05) is 11.9 Å². The van der Waals surface area contributed by atoms with Gasteiger partial charge >= 0.3 is 0 Å². The molecule has 0 saturated heterocycles. The number of nitrogens with two attached hydrogens (primary N) is 1. The van der Waals surface area contributed by atoms with Crippen LogP contribution in [0.4, 0.5) is 10.1 Å². The highest BCUT2D eigenvalue weighted by Crippen LogP contribution is 2.32. The van der Waals surface area contributed by atoms with E-state index >= 15 is 0 Å². The normalized spacial score (nSPS) is 23.1. The van der Waals surface area contributed by atoms with Gasteiger partial charge in [-0.3, -0.25) is 4.79 Å². The third-order valence-corrected chi connectivity index (χ3v) is 3.72. The summed E-state index contributed by atoms with van der Waals surface area (Å²) in [5, 5.41) is 2.93. The maximum atomic E-state index is 13.6. The molecule has 0 aliphatic heterocycles. The maximum Gasteiger partial charge on any atom is 0.227 e. The fourth-order valence-electron chi connectivity index (χ4n) is 2.48. The van der Waals surface area contributed by atoms with Crippen molar-refractivity contribution < 1.29 is 9.18 Å². The van der Waals surface area contributed by atoms with E-state index in [0.717, 1.165) is 19.3 Å². The monoisotopic (exact) mass is 270 g/mol. The molecule has 98 valence electrons. The van der Waals surface area contributed by atoms with E-state index in [4.69, 9.17) is 17.3 Å². The third kappa shape index (κ3) is 2.82. The molecule has 0 radical (unpaired) electrons. The first-order chi connectivity index (χ1) is 8.61. The largest absolute Gasteiger partial charge is 0.330 e. The molecule has 18 heavy (non-hydrogen) atoms. The number of hydrogen-bond donors (Lipinski definition) is 2. The van der Waals surface area contributed by atoms with Crippen molar-refractivity contribution in [3.8, 4) is 0 Å². The lowest BCUT2D eigenvalue weighted by Gasteiger charge is -2.17. The van der Waals surface area contributed by atoms with Gasteiger partial charge in [0.15, 0.2) is 0 Å². The van der Waals surface area contributed by atoms with E-state index in [1.54, 1.807) is 6.07 Å². The van der Waals surface area contributed by atoms with Crippen LogP contribution in [0.1, 0.15) is 19.3 Å². The first kappa shape index (κ1) is 13.3. The molecule has 2 atom stereocenters. The zero-order chi connectivity index (χ0) is 13.1. The van der Waals surface area contributed by atoms with Gasteiger partial charge in [0.1, 0.15) is 5.82 Å². The zero-order valence-electron chi connectivity index (χ0n) is 9.96. The number of anilines is 1. The predicted molar refractivity (Wildman–Crippen MR) is 69.9 cm³/mol. The molecular formula is C13H16ClFN2O. The predicted octanol–water partition coefficient (Wildman–Crippen LogP) is 2.79. The smallest absolute Gasteiger partial charge is 0.227 e. The van der Waals surface area contributed by atoms with Crippen LogP contribution < -0.4 is 11.1 Å². The van der Waals surface area contributed by atoms with Gasteiger partial charge in [0.05, 0.1) is 5.69 Å². The summed E-state index contributed by atoms with van der Waals surface area (Å²) in [6.45, 7) is 0.501. The summed E-state index contributed by atoms with van der Waals surface area (Å²) in [4.78, 5) is 12.1. The number of nitrogens with one attached hydrogen (secondary N) is 1. The fourth-order valence-corrected chi connectivity index (χ4v) is 2.64. The highest BCUT2D eigenvalue weighted by molar-refractivity contribution is 6.30. The van der Waals surface area contributed by atoms with Crippen LogP contribution in [0.15, 0.2) is 18.2 Å². The van der Waals surface area contributed by atoms with E-state index in [1.807, 2.05) is 0 Å². The van der Waals surface area contributed by atoms with E-state index in [2.05, 4.69) is 5.32 Å². The second kappa shape index (κ2) is 5.67. The number of carbonyl (C=O) groups is 1. The Kier molecular flexibility index (Phi) is 4.19. The number of halogens is 2. The van der Waals surface area contributed by atoms with Gasteiger partial charge in [-0.2, -0.15) is 0 Å². The summed E-state index contributed by atoms with van der Waals surface area (Å²) in [6, 6.07) is 4.21. The minimum Gasteiger partial charge on any atom is -0.330 e. The number of carbonyl (C=O) groups excluding carboxylic acids is 1. The van der Waals surface area contributed by atoms with Crippen LogP contribution in [0.5, 0.6) is 0 Å². The topological polar surface area (TPSA) is 55.1 Å². The molecule has 0 heterocycles. The summed E-state index contributed by atoms with van der Waals surface area (Å²) >= 11 is 5.66. The molecule has 1 aliphatic carbocycles. The van der Waals surface area contributed by atoms with Gasteiger partial charge in [-0.05, 0) is 43.5 Å². The van der Waals surface area contributed by atoms with Crippen molar-refractivity contribution >= 4 is 23.2 Å². The second-order valence-electron chi connectivity index (χ2n) is 4.65. The lowest BCUT2D eigenvalue weighted by atomic mass is 9.95. The molecular weight excluding hydrogens is 255 g/mol. The molecule has 0 spiro atoms. The van der Waals surface area contributed by atoms with Crippen molar-refractivity contribution in [3.05, 3.63) is 29.0 Å². The molecule has 1 fully saturated rings. The molecule has 2 unspecified atom stereocenters. The van der Waals surface area contributed by atoms with Crippen LogP contribution in [-0.2, 0) is 4.79 Å². The SMILES string of the molecule is NCC1CCCC1C(=O)Nc1ccc(Cl)cc1F. The van der Waals surface area contributed by atoms with E-state index in [1.165, 1.54) is 12.1 Å². The Hall–Kier alpha value is -1.13. The summed E-state index contributed by atoms with van der Waals surface area (Å²) in [7, 11) is 0. The molecule has 0 bridgehead atoms. The van der Waals surface area contributed by atoms with Crippen LogP contribution in [0.2, 0.25) is 5.02 Å². The first-order valence-electron chi connectivity index (χ1n) is 6.08. The van der Waals surface area contributed by atoms with Crippen molar-refractivity contribution in [1.29, 1.82) is 0 Å². The average molecular weight is 271 g/mol. The minimum atomic E-state index is -0.516. The van der Waals surface area contributed by atoms with E-state index in [-0.39, 0.29) is 23.4 Å². The van der Waals surface area contributed by atoms with Gasteiger partial charge in [0.25, 0.3) is 0 Å². The highest BCUT2D eigenvalue weighted by atomic mass is 35.5. The first-order valence-corrected chi connectivity index (χ1v) is 6.45. The Bertz CT molecular complexity index is 453. The molecule has 2 rings (SSSR count). The Labute approximate surface area is 111 Å². The van der Waals surface area contributed by atoms with Gasteiger partial charge in [-0.25, -0.2) is 4.39 Å². The van der Waals surface area contributed by atoms with Crippen LogP contribution in [0.25, 0.3) is 0 Å². The Morgan fingerprint density at radius 2 is 2.28 bits per heavy atom. The van der Waals surface area contributed by atoms with Gasteiger partial charge in [0, 0.05) is 10.9 Å². The minimum absolute atomic E-state index is 0.106. The quantitative estimate of drug-likeness (QED) is 0.887. The average Bonchev–Trinajstić information content (AvgIpc) is 2.81. The number of hydrogen-bond acceptors (Lipinski definition) is 2. The third-order valence-electron chi connectivity index (χ3n) is 3.49. The molecule has 5 heteroatoms. The molecule has 1 amide bonds. The lowest BCUT2D eigenvalue weighted by Crippen LogP contribution is -2.30. The summed E-state index contributed by atoms with van der Waals surface area (Å²) in [6.07, 6.45) is 2.80. The van der Waals surface area contributed by atoms with Gasteiger partial charge in [-0.1, -0.05) is 18.0 Å². The Balaban J connectivity index is 2.07. The van der Waals surface area contributed by atoms with Crippen molar-refractivity contribution in [1.82, 2.24) is 0 Å². The molecule has 0 aromatic heterocycles. The Morgan fingerprint density at radius 1 is 1.50 bits per heavy atom. The molecule has 1 saturated carbocycles. The van der Waals surface area contributed by atoms with E-state index in [0.29, 0.717) is 11.6 Å². The van der Waals surface area contributed by atoms with Gasteiger partial charge in [0.2, 0.25) is 5.91 Å². The molecule has 1 aromatic carbocycles. The van der Waals surface area contributed by atoms with Gasteiger partial charge < -0.3 is 11.1 Å². The maximum absolute atomic E-state index is 13.6. The van der Waals surface area contributed by atoms with Crippen molar-refractivity contribution in [3.63, 3.8) is 0 Å². The van der Waals surface area contributed by atoms with Crippen molar-refractivity contribution in [2.45, 2.75) is 19.3 Å². The molecule has 3 N–H and O–H groups in total. The summed E-state index contributed by atoms with van der Waals surface area (Å²) in [5.41, 5.74) is 5.81. The van der Waals surface area contributed by atoms with Crippen molar-refractivity contribution in [2.24, 2.45) is 17.6 Å². The molecule has 1 aliphatic rings. The summed E-state index contributed by atoms with van der Waals surface area (Å²) < 4.78 is 13.6. The molecule has 3 nitrogen and oxygen atoms in total.